The van der Waals surface area contributed by atoms with Crippen LogP contribution in [0.5, 0.6) is 0 Å². The van der Waals surface area contributed by atoms with Gasteiger partial charge in [0.1, 0.15) is 11.8 Å². The van der Waals surface area contributed by atoms with Crippen LogP contribution in [0.25, 0.3) is 22.6 Å². The molecule has 98 valence electrons. The van der Waals surface area contributed by atoms with E-state index in [2.05, 4.69) is 4.98 Å². The van der Waals surface area contributed by atoms with Gasteiger partial charge < -0.3 is 4.42 Å². The molecule has 20 heavy (non-hydrogen) atoms. The number of oxazole rings is 1. The summed E-state index contributed by atoms with van der Waals surface area (Å²) in [7, 11) is 0. The van der Waals surface area contributed by atoms with Crippen LogP contribution in [0, 0.1) is 10.1 Å². The highest BCUT2D eigenvalue weighted by Gasteiger charge is 2.12. The van der Waals surface area contributed by atoms with Crippen molar-refractivity contribution < 1.29 is 14.1 Å². The van der Waals surface area contributed by atoms with Gasteiger partial charge in [0, 0.05) is 23.3 Å². The molecule has 0 unspecified atom stereocenters. The Balaban J connectivity index is 2.07. The van der Waals surface area contributed by atoms with Gasteiger partial charge in [-0.2, -0.15) is 0 Å². The minimum Gasteiger partial charge on any atom is -0.436 e. The number of benzene rings is 2. The van der Waals surface area contributed by atoms with Gasteiger partial charge in [0.2, 0.25) is 5.89 Å². The number of hydrogen-bond donors (Lipinski definition) is 0. The van der Waals surface area contributed by atoms with E-state index in [0.717, 1.165) is 6.29 Å². The van der Waals surface area contributed by atoms with Crippen molar-refractivity contribution in [3.8, 4) is 11.5 Å². The van der Waals surface area contributed by atoms with Crippen LogP contribution in [0.2, 0.25) is 0 Å². The van der Waals surface area contributed by atoms with Crippen LogP contribution in [0.3, 0.4) is 0 Å². The Morgan fingerprint density at radius 1 is 1.15 bits per heavy atom. The lowest BCUT2D eigenvalue weighted by atomic mass is 10.1. The second-order valence-corrected chi connectivity index (χ2v) is 4.17. The topological polar surface area (TPSA) is 86.2 Å². The number of aromatic nitrogens is 1. The van der Waals surface area contributed by atoms with E-state index in [1.807, 2.05) is 0 Å². The number of nitro benzene ring substituents is 1. The van der Waals surface area contributed by atoms with Crippen molar-refractivity contribution in [2.45, 2.75) is 0 Å². The van der Waals surface area contributed by atoms with E-state index >= 15 is 0 Å². The van der Waals surface area contributed by atoms with E-state index < -0.39 is 4.92 Å². The van der Waals surface area contributed by atoms with Crippen molar-refractivity contribution in [2.24, 2.45) is 0 Å². The molecule has 6 nitrogen and oxygen atoms in total. The number of hydrogen-bond acceptors (Lipinski definition) is 5. The van der Waals surface area contributed by atoms with Gasteiger partial charge in [0.25, 0.3) is 5.69 Å². The van der Waals surface area contributed by atoms with E-state index in [-0.39, 0.29) is 5.69 Å². The molecule has 2 aromatic carbocycles. The smallest absolute Gasteiger partial charge is 0.271 e. The molecule has 0 fully saturated rings. The molecule has 0 radical (unpaired) electrons. The molecule has 0 aliphatic rings. The average molecular weight is 268 g/mol. The van der Waals surface area contributed by atoms with Crippen molar-refractivity contribution in [3.63, 3.8) is 0 Å². The number of non-ortho nitro benzene ring substituents is 1. The zero-order valence-electron chi connectivity index (χ0n) is 10.1. The second kappa shape index (κ2) is 4.58. The van der Waals surface area contributed by atoms with E-state index in [9.17, 15) is 14.9 Å². The van der Waals surface area contributed by atoms with Crippen molar-refractivity contribution in [3.05, 3.63) is 58.1 Å². The van der Waals surface area contributed by atoms with Crippen molar-refractivity contribution in [2.75, 3.05) is 0 Å². The van der Waals surface area contributed by atoms with Crippen LogP contribution >= 0.6 is 0 Å². The minimum absolute atomic E-state index is 0.0337. The Bertz CT molecular complexity index is 806. The fraction of sp³-hybridized carbons (Fsp3) is 0. The van der Waals surface area contributed by atoms with Gasteiger partial charge in [-0.15, -0.1) is 0 Å². The normalized spacial score (nSPS) is 10.6. The number of fused-ring (bicyclic) bond motifs is 1. The second-order valence-electron chi connectivity index (χ2n) is 4.17. The molecule has 1 heterocycles. The molecule has 0 spiro atoms. The van der Waals surface area contributed by atoms with Crippen LogP contribution in [0.1, 0.15) is 10.4 Å². The maximum atomic E-state index is 10.7. The maximum Gasteiger partial charge on any atom is 0.271 e. The monoisotopic (exact) mass is 268 g/mol. The standard InChI is InChI=1S/C14H8N2O4/c17-8-9-1-3-10(4-2-9)14-15-12-7-11(16(18)19)5-6-13(12)20-14/h1-8H. The zero-order chi connectivity index (χ0) is 14.1. The zero-order valence-corrected chi connectivity index (χ0v) is 10.1. The highest BCUT2D eigenvalue weighted by Crippen LogP contribution is 2.26. The first kappa shape index (κ1) is 12.0. The van der Waals surface area contributed by atoms with E-state index in [4.69, 9.17) is 4.42 Å². The third-order valence-electron chi connectivity index (χ3n) is 2.88. The first-order valence-electron chi connectivity index (χ1n) is 5.78. The predicted molar refractivity (Wildman–Crippen MR) is 71.5 cm³/mol. The van der Waals surface area contributed by atoms with Crippen LogP contribution in [-0.2, 0) is 0 Å². The summed E-state index contributed by atoms with van der Waals surface area (Å²) in [5, 5.41) is 10.7. The van der Waals surface area contributed by atoms with Gasteiger partial charge in [0.15, 0.2) is 5.58 Å². The van der Waals surface area contributed by atoms with Crippen LogP contribution < -0.4 is 0 Å². The number of nitro groups is 1. The van der Waals surface area contributed by atoms with Crippen LogP contribution in [0.15, 0.2) is 46.9 Å². The summed E-state index contributed by atoms with van der Waals surface area (Å²) in [6, 6.07) is 11.0. The number of carbonyl (C=O) groups is 1. The molecule has 3 aromatic rings. The summed E-state index contributed by atoms with van der Waals surface area (Å²) in [6.45, 7) is 0. The van der Waals surface area contributed by atoms with Gasteiger partial charge in [-0.1, -0.05) is 12.1 Å². The molecular weight excluding hydrogens is 260 g/mol. The largest absolute Gasteiger partial charge is 0.436 e. The minimum atomic E-state index is -0.479. The summed E-state index contributed by atoms with van der Waals surface area (Å²) in [5.74, 6) is 0.359. The molecule has 1 aromatic heterocycles. The van der Waals surface area contributed by atoms with E-state index in [0.29, 0.717) is 28.1 Å². The van der Waals surface area contributed by atoms with Crippen molar-refractivity contribution in [1.29, 1.82) is 0 Å². The number of carbonyl (C=O) groups excluding carboxylic acids is 1. The number of aldehydes is 1. The third-order valence-corrected chi connectivity index (χ3v) is 2.88. The van der Waals surface area contributed by atoms with E-state index in [1.165, 1.54) is 18.2 Å². The molecule has 0 saturated carbocycles. The number of rotatable bonds is 3. The van der Waals surface area contributed by atoms with Crippen LogP contribution in [0.4, 0.5) is 5.69 Å². The summed E-state index contributed by atoms with van der Waals surface area (Å²) < 4.78 is 5.54. The summed E-state index contributed by atoms with van der Waals surface area (Å²) >= 11 is 0. The highest BCUT2D eigenvalue weighted by molar-refractivity contribution is 5.80. The molecule has 0 bridgehead atoms. The Hall–Kier alpha value is -3.02. The molecule has 0 atom stereocenters. The molecule has 0 aliphatic heterocycles. The lowest BCUT2D eigenvalue weighted by molar-refractivity contribution is -0.384. The maximum absolute atomic E-state index is 10.7. The highest BCUT2D eigenvalue weighted by atomic mass is 16.6. The fourth-order valence-electron chi connectivity index (χ4n) is 1.86. The van der Waals surface area contributed by atoms with Crippen molar-refractivity contribution in [1.82, 2.24) is 4.98 Å². The molecule has 0 saturated heterocycles. The fourth-order valence-corrected chi connectivity index (χ4v) is 1.86. The van der Waals surface area contributed by atoms with Gasteiger partial charge in [0.05, 0.1) is 4.92 Å². The van der Waals surface area contributed by atoms with Crippen molar-refractivity contribution >= 4 is 23.1 Å². The molecule has 0 aliphatic carbocycles. The van der Waals surface area contributed by atoms with E-state index in [1.54, 1.807) is 24.3 Å². The van der Waals surface area contributed by atoms with Gasteiger partial charge in [-0.05, 0) is 18.2 Å². The lowest BCUT2D eigenvalue weighted by Crippen LogP contribution is -1.86. The molecular formula is C14H8N2O4. The number of nitrogens with zero attached hydrogens (tertiary/aromatic N) is 2. The molecule has 0 amide bonds. The first-order chi connectivity index (χ1) is 9.67. The predicted octanol–water partition coefficient (Wildman–Crippen LogP) is 3.22. The summed E-state index contributed by atoms with van der Waals surface area (Å²) in [5.41, 5.74) is 2.13. The summed E-state index contributed by atoms with van der Waals surface area (Å²) in [6.07, 6.45) is 0.749. The van der Waals surface area contributed by atoms with Crippen LogP contribution in [-0.4, -0.2) is 16.2 Å². The third kappa shape index (κ3) is 2.03. The molecule has 6 heteroatoms. The average Bonchev–Trinajstić information content (AvgIpc) is 2.90. The Kier molecular flexibility index (Phi) is 2.76. The summed E-state index contributed by atoms with van der Waals surface area (Å²) in [4.78, 5) is 25.0. The van der Waals surface area contributed by atoms with Gasteiger partial charge in [-0.3, -0.25) is 14.9 Å². The Morgan fingerprint density at radius 2 is 1.90 bits per heavy atom. The SMILES string of the molecule is O=Cc1ccc(-c2nc3cc([N+](=O)[O-])ccc3o2)cc1. The molecule has 0 N–H and O–H groups in total. The Labute approximate surface area is 112 Å². The van der Waals surface area contributed by atoms with Gasteiger partial charge in [-0.25, -0.2) is 4.98 Å². The van der Waals surface area contributed by atoms with Gasteiger partial charge >= 0.3 is 0 Å². The first-order valence-corrected chi connectivity index (χ1v) is 5.78. The lowest BCUT2D eigenvalue weighted by Gasteiger charge is -1.94. The quantitative estimate of drug-likeness (QED) is 0.413. The Morgan fingerprint density at radius 3 is 2.55 bits per heavy atom. The molecule has 3 rings (SSSR count).